The highest BCUT2D eigenvalue weighted by atomic mass is 16.5. The van der Waals surface area contributed by atoms with Crippen molar-refractivity contribution >= 4 is 0 Å². The summed E-state index contributed by atoms with van der Waals surface area (Å²) in [5.41, 5.74) is 1.18. The van der Waals surface area contributed by atoms with Crippen LogP contribution in [0.1, 0.15) is 32.4 Å². The van der Waals surface area contributed by atoms with E-state index < -0.39 is 0 Å². The van der Waals surface area contributed by atoms with Crippen molar-refractivity contribution in [2.45, 2.75) is 32.9 Å². The molecule has 1 aromatic rings. The summed E-state index contributed by atoms with van der Waals surface area (Å²) < 4.78 is 16.5. The number of hydrogen-bond acceptors (Lipinski definition) is 4. The first-order chi connectivity index (χ1) is 9.71. The van der Waals surface area contributed by atoms with Gasteiger partial charge in [0.05, 0.1) is 32.5 Å². The Morgan fingerprint density at radius 3 is 2.65 bits per heavy atom. The van der Waals surface area contributed by atoms with Crippen LogP contribution in [0.15, 0.2) is 24.3 Å². The summed E-state index contributed by atoms with van der Waals surface area (Å²) in [6.07, 6.45) is 0.0988. The van der Waals surface area contributed by atoms with Crippen molar-refractivity contribution in [1.29, 1.82) is 0 Å². The van der Waals surface area contributed by atoms with E-state index in [2.05, 4.69) is 18.3 Å². The zero-order valence-corrected chi connectivity index (χ0v) is 13.0. The second-order valence-corrected chi connectivity index (χ2v) is 4.69. The lowest BCUT2D eigenvalue weighted by Crippen LogP contribution is -2.28. The molecule has 0 radical (unpaired) electrons. The van der Waals surface area contributed by atoms with Crippen molar-refractivity contribution in [3.05, 3.63) is 29.8 Å². The minimum absolute atomic E-state index is 0.0988. The van der Waals surface area contributed by atoms with Crippen LogP contribution < -0.4 is 10.1 Å². The highest BCUT2D eigenvalue weighted by Gasteiger charge is 2.13. The van der Waals surface area contributed by atoms with E-state index in [-0.39, 0.29) is 12.1 Å². The molecule has 0 saturated carbocycles. The van der Waals surface area contributed by atoms with Crippen LogP contribution in [0.2, 0.25) is 0 Å². The van der Waals surface area contributed by atoms with Gasteiger partial charge in [-0.3, -0.25) is 0 Å². The summed E-state index contributed by atoms with van der Waals surface area (Å²) in [5.74, 6) is 0.868. The predicted octanol–water partition coefficient (Wildman–Crippen LogP) is 2.79. The minimum Gasteiger partial charge on any atom is -0.497 e. The molecule has 4 heteroatoms. The summed E-state index contributed by atoms with van der Waals surface area (Å²) in [5, 5.41) is 3.44. The van der Waals surface area contributed by atoms with Crippen LogP contribution >= 0.6 is 0 Å². The van der Waals surface area contributed by atoms with Crippen molar-refractivity contribution in [2.24, 2.45) is 0 Å². The van der Waals surface area contributed by atoms with Crippen LogP contribution in [0.4, 0.5) is 0 Å². The largest absolute Gasteiger partial charge is 0.497 e. The van der Waals surface area contributed by atoms with Gasteiger partial charge in [-0.2, -0.15) is 0 Å². The van der Waals surface area contributed by atoms with Crippen LogP contribution in [-0.4, -0.2) is 39.6 Å². The molecule has 0 saturated heterocycles. The van der Waals surface area contributed by atoms with Gasteiger partial charge in [0, 0.05) is 6.61 Å². The third kappa shape index (κ3) is 5.90. The number of benzene rings is 1. The maximum atomic E-state index is 5.86. The summed E-state index contributed by atoms with van der Waals surface area (Å²) in [6, 6.07) is 8.25. The summed E-state index contributed by atoms with van der Waals surface area (Å²) in [4.78, 5) is 0. The van der Waals surface area contributed by atoms with Crippen molar-refractivity contribution in [2.75, 3.05) is 33.5 Å². The Morgan fingerprint density at radius 2 is 2.00 bits per heavy atom. The van der Waals surface area contributed by atoms with Gasteiger partial charge in [0.2, 0.25) is 0 Å². The highest BCUT2D eigenvalue weighted by Crippen LogP contribution is 2.19. The first-order valence-electron chi connectivity index (χ1n) is 7.27. The van der Waals surface area contributed by atoms with E-state index in [1.54, 1.807) is 7.11 Å². The monoisotopic (exact) mass is 281 g/mol. The topological polar surface area (TPSA) is 39.7 Å². The van der Waals surface area contributed by atoms with E-state index in [0.717, 1.165) is 18.9 Å². The molecule has 0 spiro atoms. The lowest BCUT2D eigenvalue weighted by molar-refractivity contribution is -0.0115. The summed E-state index contributed by atoms with van der Waals surface area (Å²) in [6.45, 7) is 8.99. The van der Waals surface area contributed by atoms with E-state index in [9.17, 15) is 0 Å². The molecule has 1 aromatic carbocycles. The summed E-state index contributed by atoms with van der Waals surface area (Å²) >= 11 is 0. The number of methoxy groups -OCH3 is 1. The smallest absolute Gasteiger partial charge is 0.119 e. The van der Waals surface area contributed by atoms with E-state index >= 15 is 0 Å². The molecule has 1 N–H and O–H groups in total. The number of likely N-dealkylation sites (N-methyl/N-ethyl adjacent to an activating group) is 1. The quantitative estimate of drug-likeness (QED) is 0.716. The third-order valence-electron chi connectivity index (χ3n) is 3.05. The van der Waals surface area contributed by atoms with Gasteiger partial charge in [0.15, 0.2) is 0 Å². The first kappa shape index (κ1) is 17.0. The van der Waals surface area contributed by atoms with Gasteiger partial charge in [-0.1, -0.05) is 19.1 Å². The number of nitrogens with one attached hydrogen (secondary N) is 1. The molecule has 20 heavy (non-hydrogen) atoms. The number of hydrogen-bond donors (Lipinski definition) is 1. The van der Waals surface area contributed by atoms with Gasteiger partial charge < -0.3 is 19.5 Å². The molecule has 114 valence electrons. The van der Waals surface area contributed by atoms with Crippen molar-refractivity contribution < 1.29 is 14.2 Å². The molecular formula is C16H27NO3. The van der Waals surface area contributed by atoms with Crippen LogP contribution in [0, 0.1) is 0 Å². The van der Waals surface area contributed by atoms with Crippen molar-refractivity contribution in [3.63, 3.8) is 0 Å². The average molecular weight is 281 g/mol. The molecule has 4 nitrogen and oxygen atoms in total. The van der Waals surface area contributed by atoms with E-state index in [0.29, 0.717) is 13.2 Å². The molecule has 0 aromatic heterocycles. The van der Waals surface area contributed by atoms with E-state index in [1.807, 2.05) is 32.0 Å². The molecule has 0 heterocycles. The molecule has 2 unspecified atom stereocenters. The Balaban J connectivity index is 2.58. The summed E-state index contributed by atoms with van der Waals surface area (Å²) in [7, 11) is 1.68. The van der Waals surface area contributed by atoms with Crippen molar-refractivity contribution in [3.8, 4) is 5.75 Å². The Morgan fingerprint density at radius 1 is 1.20 bits per heavy atom. The predicted molar refractivity (Wildman–Crippen MR) is 81.3 cm³/mol. The van der Waals surface area contributed by atoms with Gasteiger partial charge >= 0.3 is 0 Å². The first-order valence-corrected chi connectivity index (χ1v) is 7.27. The maximum absolute atomic E-state index is 5.86. The molecule has 1 rings (SSSR count). The molecule has 2 atom stereocenters. The van der Waals surface area contributed by atoms with Crippen LogP contribution in [0.3, 0.4) is 0 Å². The standard InChI is InChI=1S/C16H27NO3/c1-5-17-16(12-20-13(3)11-19-6-2)14-8-7-9-15(10-14)18-4/h7-10,13,16-17H,5-6,11-12H2,1-4H3. The van der Waals surface area contributed by atoms with Crippen LogP contribution in [-0.2, 0) is 9.47 Å². The molecule has 0 aliphatic carbocycles. The number of ether oxygens (including phenoxy) is 3. The Hall–Kier alpha value is -1.10. The molecule has 0 bridgehead atoms. The van der Waals surface area contributed by atoms with E-state index in [4.69, 9.17) is 14.2 Å². The van der Waals surface area contributed by atoms with Crippen molar-refractivity contribution in [1.82, 2.24) is 5.32 Å². The van der Waals surface area contributed by atoms with Crippen LogP contribution in [0.25, 0.3) is 0 Å². The number of rotatable bonds is 10. The second kappa shape index (κ2) is 9.75. The van der Waals surface area contributed by atoms with E-state index in [1.165, 1.54) is 5.56 Å². The Labute approximate surface area is 122 Å². The average Bonchev–Trinajstić information content (AvgIpc) is 2.49. The van der Waals surface area contributed by atoms with Crippen LogP contribution in [0.5, 0.6) is 5.75 Å². The molecule has 0 amide bonds. The molecule has 0 aliphatic heterocycles. The fraction of sp³-hybridized carbons (Fsp3) is 0.625. The lowest BCUT2D eigenvalue weighted by Gasteiger charge is -2.21. The zero-order chi connectivity index (χ0) is 14.8. The lowest BCUT2D eigenvalue weighted by atomic mass is 10.1. The molecule has 0 fully saturated rings. The molecular weight excluding hydrogens is 254 g/mol. The van der Waals surface area contributed by atoms with Gasteiger partial charge in [-0.05, 0) is 38.1 Å². The minimum atomic E-state index is 0.0988. The maximum Gasteiger partial charge on any atom is 0.119 e. The fourth-order valence-corrected chi connectivity index (χ4v) is 1.97. The van der Waals surface area contributed by atoms with Gasteiger partial charge in [0.1, 0.15) is 5.75 Å². The Bertz CT molecular complexity index is 370. The van der Waals surface area contributed by atoms with Gasteiger partial charge in [-0.25, -0.2) is 0 Å². The third-order valence-corrected chi connectivity index (χ3v) is 3.05. The zero-order valence-electron chi connectivity index (χ0n) is 13.0. The van der Waals surface area contributed by atoms with Gasteiger partial charge in [-0.15, -0.1) is 0 Å². The second-order valence-electron chi connectivity index (χ2n) is 4.69. The van der Waals surface area contributed by atoms with Gasteiger partial charge in [0.25, 0.3) is 0 Å². The SMILES string of the molecule is CCNC(COC(C)COCC)c1cccc(OC)c1. The highest BCUT2D eigenvalue weighted by molar-refractivity contribution is 5.30. The normalized spacial score (nSPS) is 14.0. The fourth-order valence-electron chi connectivity index (χ4n) is 1.97. The molecule has 0 aliphatic rings. The Kier molecular flexibility index (Phi) is 8.26.